The monoisotopic (exact) mass is 210 g/mol. The summed E-state index contributed by atoms with van der Waals surface area (Å²) in [6.45, 7) is 0. The second-order valence-electron chi connectivity index (χ2n) is 4.36. The van der Waals surface area contributed by atoms with Gasteiger partial charge in [-0.3, -0.25) is 0 Å². The highest BCUT2D eigenvalue weighted by atomic mass is 16.3. The van der Waals surface area contributed by atoms with Gasteiger partial charge in [0.1, 0.15) is 0 Å². The van der Waals surface area contributed by atoms with Gasteiger partial charge in [-0.15, -0.1) is 0 Å². The van der Waals surface area contributed by atoms with E-state index in [4.69, 9.17) is 0 Å². The van der Waals surface area contributed by atoms with Gasteiger partial charge in [-0.25, -0.2) is 0 Å². The zero-order valence-corrected chi connectivity index (χ0v) is 9.01. The Balaban J connectivity index is 2.09. The normalized spacial score (nSPS) is 23.1. The molecule has 0 saturated heterocycles. The van der Waals surface area contributed by atoms with Crippen LogP contribution in [0.3, 0.4) is 0 Å². The molecule has 0 spiro atoms. The van der Waals surface area contributed by atoms with Gasteiger partial charge in [-0.1, -0.05) is 54.6 Å². The average Bonchev–Trinajstić information content (AvgIpc) is 2.66. The molecule has 0 radical (unpaired) electrons. The first kappa shape index (κ1) is 9.61. The zero-order valence-electron chi connectivity index (χ0n) is 9.01. The van der Waals surface area contributed by atoms with Crippen LogP contribution in [0.25, 0.3) is 0 Å². The fourth-order valence-corrected chi connectivity index (χ4v) is 2.64. The smallest absolute Gasteiger partial charge is 0.0689 e. The Morgan fingerprint density at radius 3 is 2.38 bits per heavy atom. The average molecular weight is 210 g/mol. The summed E-state index contributed by atoms with van der Waals surface area (Å²) in [5, 5.41) is 10.2. The number of fused-ring (bicyclic) bond motifs is 1. The highest BCUT2D eigenvalue weighted by Crippen LogP contribution is 2.37. The molecule has 1 nitrogen and oxygen atoms in total. The van der Waals surface area contributed by atoms with Crippen molar-refractivity contribution < 1.29 is 5.11 Å². The number of benzene rings is 2. The van der Waals surface area contributed by atoms with Gasteiger partial charge in [0.05, 0.1) is 6.10 Å². The van der Waals surface area contributed by atoms with E-state index < -0.39 is 0 Å². The molecule has 2 aromatic rings. The summed E-state index contributed by atoms with van der Waals surface area (Å²) >= 11 is 0. The summed E-state index contributed by atoms with van der Waals surface area (Å²) in [4.78, 5) is 0. The summed E-state index contributed by atoms with van der Waals surface area (Å²) in [6, 6.07) is 18.6. The van der Waals surface area contributed by atoms with E-state index in [1.807, 2.05) is 30.3 Å². The third-order valence-corrected chi connectivity index (χ3v) is 3.36. The fourth-order valence-electron chi connectivity index (χ4n) is 2.64. The minimum absolute atomic E-state index is 0.150. The molecule has 0 unspecified atom stereocenters. The van der Waals surface area contributed by atoms with Crippen molar-refractivity contribution in [2.75, 3.05) is 0 Å². The molecule has 2 aromatic carbocycles. The summed E-state index contributed by atoms with van der Waals surface area (Å²) in [5.41, 5.74) is 3.77. The Bertz CT molecular complexity index is 490. The third-order valence-electron chi connectivity index (χ3n) is 3.36. The van der Waals surface area contributed by atoms with Gasteiger partial charge < -0.3 is 5.11 Å². The van der Waals surface area contributed by atoms with Crippen molar-refractivity contribution >= 4 is 0 Å². The molecule has 80 valence electrons. The molecule has 0 bridgehead atoms. The summed E-state index contributed by atoms with van der Waals surface area (Å²) in [5.74, 6) is 0.150. The Hall–Kier alpha value is -1.60. The maximum absolute atomic E-state index is 10.2. The molecular weight excluding hydrogens is 196 g/mol. The van der Waals surface area contributed by atoms with Crippen LogP contribution < -0.4 is 0 Å². The van der Waals surface area contributed by atoms with Gasteiger partial charge in [-0.05, 0) is 23.1 Å². The molecule has 0 aromatic heterocycles. The number of aliphatic hydroxyl groups is 1. The van der Waals surface area contributed by atoms with Crippen LogP contribution in [0.1, 0.15) is 22.6 Å². The van der Waals surface area contributed by atoms with Crippen molar-refractivity contribution in [2.45, 2.75) is 18.4 Å². The van der Waals surface area contributed by atoms with E-state index in [-0.39, 0.29) is 12.0 Å². The van der Waals surface area contributed by atoms with E-state index in [9.17, 15) is 5.11 Å². The predicted octanol–water partition coefficient (Wildman–Crippen LogP) is 2.74. The maximum Gasteiger partial charge on any atom is 0.0689 e. The quantitative estimate of drug-likeness (QED) is 0.767. The molecule has 0 fully saturated rings. The van der Waals surface area contributed by atoms with Crippen molar-refractivity contribution in [3.05, 3.63) is 71.3 Å². The Kier molecular flexibility index (Phi) is 2.26. The van der Waals surface area contributed by atoms with Gasteiger partial charge in [-0.2, -0.15) is 0 Å². The lowest BCUT2D eigenvalue weighted by atomic mass is 9.92. The van der Waals surface area contributed by atoms with Crippen LogP contribution >= 0.6 is 0 Å². The topological polar surface area (TPSA) is 20.2 Å². The van der Waals surface area contributed by atoms with E-state index >= 15 is 0 Å². The van der Waals surface area contributed by atoms with Crippen LogP contribution in [0.2, 0.25) is 0 Å². The molecule has 1 heteroatoms. The van der Waals surface area contributed by atoms with Crippen molar-refractivity contribution in [1.82, 2.24) is 0 Å². The van der Waals surface area contributed by atoms with E-state index in [1.54, 1.807) is 0 Å². The second kappa shape index (κ2) is 3.76. The first-order valence-electron chi connectivity index (χ1n) is 5.67. The molecule has 2 atom stereocenters. The Morgan fingerprint density at radius 2 is 1.56 bits per heavy atom. The lowest BCUT2D eigenvalue weighted by Gasteiger charge is -2.16. The standard InChI is InChI=1S/C15H14O/c16-14-10-12-8-4-5-9-13(12)15(14)11-6-2-1-3-7-11/h1-9,14-16H,10H2/t14-,15-/m0/s1. The number of aliphatic hydroxyl groups excluding tert-OH is 1. The SMILES string of the molecule is O[C@H]1Cc2ccccc2[C@@H]1c1ccccc1. The summed E-state index contributed by atoms with van der Waals surface area (Å²) in [6.07, 6.45) is 0.496. The van der Waals surface area contributed by atoms with Crippen LogP contribution in [-0.4, -0.2) is 11.2 Å². The van der Waals surface area contributed by atoms with E-state index in [1.165, 1.54) is 16.7 Å². The number of hydrogen-bond acceptors (Lipinski definition) is 1. The summed E-state index contributed by atoms with van der Waals surface area (Å²) < 4.78 is 0. The number of hydrogen-bond donors (Lipinski definition) is 1. The van der Waals surface area contributed by atoms with Crippen LogP contribution in [0, 0.1) is 0 Å². The molecule has 1 aliphatic rings. The molecule has 1 aliphatic carbocycles. The zero-order chi connectivity index (χ0) is 11.0. The molecule has 16 heavy (non-hydrogen) atoms. The largest absolute Gasteiger partial charge is 0.392 e. The van der Waals surface area contributed by atoms with Crippen molar-refractivity contribution in [2.24, 2.45) is 0 Å². The molecular formula is C15H14O. The lowest BCUT2D eigenvalue weighted by Crippen LogP contribution is -2.14. The van der Waals surface area contributed by atoms with Crippen LogP contribution in [0.5, 0.6) is 0 Å². The van der Waals surface area contributed by atoms with Gasteiger partial charge in [0.15, 0.2) is 0 Å². The molecule has 0 amide bonds. The molecule has 1 N–H and O–H groups in total. The van der Waals surface area contributed by atoms with E-state index in [0.29, 0.717) is 0 Å². The molecule has 0 heterocycles. The van der Waals surface area contributed by atoms with Crippen molar-refractivity contribution in [3.63, 3.8) is 0 Å². The Labute approximate surface area is 95.4 Å². The minimum Gasteiger partial charge on any atom is -0.392 e. The molecule has 3 rings (SSSR count). The van der Waals surface area contributed by atoms with Gasteiger partial charge >= 0.3 is 0 Å². The number of rotatable bonds is 1. The van der Waals surface area contributed by atoms with E-state index in [0.717, 1.165) is 6.42 Å². The fraction of sp³-hybridized carbons (Fsp3) is 0.200. The van der Waals surface area contributed by atoms with Gasteiger partial charge in [0.25, 0.3) is 0 Å². The predicted molar refractivity (Wildman–Crippen MR) is 64.4 cm³/mol. The highest BCUT2D eigenvalue weighted by molar-refractivity contribution is 5.43. The van der Waals surface area contributed by atoms with Crippen LogP contribution in [0.4, 0.5) is 0 Å². The lowest BCUT2D eigenvalue weighted by molar-refractivity contribution is 0.169. The molecule has 0 saturated carbocycles. The van der Waals surface area contributed by atoms with Crippen LogP contribution in [-0.2, 0) is 6.42 Å². The van der Waals surface area contributed by atoms with Gasteiger partial charge in [0.2, 0.25) is 0 Å². The first-order chi connectivity index (χ1) is 7.86. The van der Waals surface area contributed by atoms with Gasteiger partial charge in [0, 0.05) is 5.92 Å². The third kappa shape index (κ3) is 1.44. The van der Waals surface area contributed by atoms with Crippen molar-refractivity contribution in [1.29, 1.82) is 0 Å². The maximum atomic E-state index is 10.2. The second-order valence-corrected chi connectivity index (χ2v) is 4.36. The van der Waals surface area contributed by atoms with Crippen molar-refractivity contribution in [3.8, 4) is 0 Å². The highest BCUT2D eigenvalue weighted by Gasteiger charge is 2.31. The first-order valence-corrected chi connectivity index (χ1v) is 5.67. The Morgan fingerprint density at radius 1 is 0.875 bits per heavy atom. The minimum atomic E-state index is -0.278. The van der Waals surface area contributed by atoms with E-state index in [2.05, 4.69) is 24.3 Å². The van der Waals surface area contributed by atoms with Crippen LogP contribution in [0.15, 0.2) is 54.6 Å². The summed E-state index contributed by atoms with van der Waals surface area (Å²) in [7, 11) is 0. The molecule has 0 aliphatic heterocycles.